The maximum atomic E-state index is 2.57. The van der Waals surface area contributed by atoms with Crippen LogP contribution >= 0.6 is 7.92 Å². The second-order valence-electron chi connectivity index (χ2n) is 6.19. The Labute approximate surface area is 145 Å². The number of para-hydroxylation sites is 1. The zero-order valence-corrected chi connectivity index (χ0v) is 14.7. The molecular formula is C22H22NP. The highest BCUT2D eigenvalue weighted by Gasteiger charge is 2.23. The van der Waals surface area contributed by atoms with Gasteiger partial charge in [0.2, 0.25) is 0 Å². The van der Waals surface area contributed by atoms with E-state index in [9.17, 15) is 0 Å². The van der Waals surface area contributed by atoms with E-state index in [1.54, 1.807) is 0 Å². The van der Waals surface area contributed by atoms with Crippen LogP contribution < -0.4 is 20.8 Å². The van der Waals surface area contributed by atoms with Crippen molar-refractivity contribution in [3.63, 3.8) is 0 Å². The molecule has 3 aromatic carbocycles. The summed E-state index contributed by atoms with van der Waals surface area (Å²) >= 11 is 0. The van der Waals surface area contributed by atoms with Gasteiger partial charge in [0, 0.05) is 24.1 Å². The van der Waals surface area contributed by atoms with Gasteiger partial charge >= 0.3 is 0 Å². The van der Waals surface area contributed by atoms with Crippen molar-refractivity contribution < 1.29 is 0 Å². The molecule has 0 radical (unpaired) electrons. The summed E-state index contributed by atoms with van der Waals surface area (Å²) in [6.45, 7) is 2.37. The molecule has 0 saturated carbocycles. The van der Waals surface area contributed by atoms with Crippen molar-refractivity contribution in [3.8, 4) is 0 Å². The number of benzene rings is 3. The Kier molecular flexibility index (Phi) is 4.62. The molecule has 3 aromatic rings. The summed E-state index contributed by atoms with van der Waals surface area (Å²) in [7, 11) is -0.525. The van der Waals surface area contributed by atoms with E-state index in [2.05, 4.69) is 89.8 Å². The molecule has 24 heavy (non-hydrogen) atoms. The number of hydrogen-bond donors (Lipinski definition) is 0. The molecule has 120 valence electrons. The lowest BCUT2D eigenvalue weighted by Crippen LogP contribution is -2.28. The Balaban J connectivity index is 1.86. The van der Waals surface area contributed by atoms with Gasteiger partial charge < -0.3 is 4.90 Å². The van der Waals surface area contributed by atoms with Gasteiger partial charge in [0.25, 0.3) is 0 Å². The Morgan fingerprint density at radius 3 is 1.67 bits per heavy atom. The van der Waals surface area contributed by atoms with Crippen molar-refractivity contribution >= 4 is 29.5 Å². The molecular weight excluding hydrogens is 309 g/mol. The number of hydrogen-bond acceptors (Lipinski definition) is 1. The number of nitrogens with zero attached hydrogens (tertiary/aromatic N) is 1. The molecule has 0 aliphatic carbocycles. The molecule has 2 heteroatoms. The molecule has 0 N–H and O–H groups in total. The van der Waals surface area contributed by atoms with E-state index in [0.717, 1.165) is 0 Å². The Bertz CT molecular complexity index is 740. The Morgan fingerprint density at radius 2 is 1.08 bits per heavy atom. The van der Waals surface area contributed by atoms with E-state index in [-0.39, 0.29) is 0 Å². The first kappa shape index (κ1) is 15.4. The second-order valence-corrected chi connectivity index (χ2v) is 8.37. The van der Waals surface area contributed by atoms with Crippen LogP contribution in [0.5, 0.6) is 0 Å². The van der Waals surface area contributed by atoms with Gasteiger partial charge in [0.15, 0.2) is 0 Å². The molecule has 0 amide bonds. The Morgan fingerprint density at radius 1 is 0.583 bits per heavy atom. The van der Waals surface area contributed by atoms with Crippen LogP contribution in [0.4, 0.5) is 5.69 Å². The second kappa shape index (κ2) is 7.20. The first-order chi connectivity index (χ1) is 11.9. The van der Waals surface area contributed by atoms with Crippen LogP contribution in [-0.4, -0.2) is 13.1 Å². The van der Waals surface area contributed by atoms with Crippen molar-refractivity contribution in [2.24, 2.45) is 0 Å². The summed E-state index contributed by atoms with van der Waals surface area (Å²) in [5.41, 5.74) is 1.42. The van der Waals surface area contributed by atoms with E-state index < -0.39 is 7.92 Å². The van der Waals surface area contributed by atoms with Crippen molar-refractivity contribution in [1.29, 1.82) is 0 Å². The molecule has 1 nitrogen and oxygen atoms in total. The standard InChI is InChI=1S/C22H22NP/c1-3-11-19(12-4-1)24(20-13-5-2-6-14-20)22-16-8-7-15-21(22)23-17-9-10-18-23/h1-8,11-16H,9-10,17-18H2. The van der Waals surface area contributed by atoms with Gasteiger partial charge in [-0.25, -0.2) is 0 Å². The van der Waals surface area contributed by atoms with Crippen molar-refractivity contribution in [2.75, 3.05) is 18.0 Å². The summed E-state index contributed by atoms with van der Waals surface area (Å²) in [6.07, 6.45) is 2.62. The lowest BCUT2D eigenvalue weighted by molar-refractivity contribution is 0.949. The van der Waals surface area contributed by atoms with E-state index in [1.807, 2.05) is 0 Å². The fourth-order valence-corrected chi connectivity index (χ4v) is 5.94. The van der Waals surface area contributed by atoms with Crippen LogP contribution in [0.25, 0.3) is 0 Å². The lowest BCUT2D eigenvalue weighted by Gasteiger charge is -2.27. The summed E-state index contributed by atoms with van der Waals surface area (Å²) in [5, 5.41) is 4.32. The van der Waals surface area contributed by atoms with Gasteiger partial charge in [-0.3, -0.25) is 0 Å². The lowest BCUT2D eigenvalue weighted by atomic mass is 10.3. The topological polar surface area (TPSA) is 3.24 Å². The maximum Gasteiger partial charge on any atom is 0.0451 e. The van der Waals surface area contributed by atoms with Crippen LogP contribution in [0.3, 0.4) is 0 Å². The quantitative estimate of drug-likeness (QED) is 0.652. The van der Waals surface area contributed by atoms with Crippen LogP contribution in [0.15, 0.2) is 84.9 Å². The van der Waals surface area contributed by atoms with E-state index in [0.29, 0.717) is 0 Å². The largest absolute Gasteiger partial charge is 0.371 e. The summed E-state index contributed by atoms with van der Waals surface area (Å²) in [4.78, 5) is 2.57. The van der Waals surface area contributed by atoms with Gasteiger partial charge in [0.1, 0.15) is 0 Å². The van der Waals surface area contributed by atoms with Gasteiger partial charge in [-0.05, 0) is 37.4 Å². The normalized spacial score (nSPS) is 14.3. The third kappa shape index (κ3) is 3.09. The van der Waals surface area contributed by atoms with E-state index in [1.165, 1.54) is 47.5 Å². The monoisotopic (exact) mass is 331 g/mol. The van der Waals surface area contributed by atoms with Gasteiger partial charge in [-0.1, -0.05) is 78.9 Å². The van der Waals surface area contributed by atoms with Crippen LogP contribution in [0, 0.1) is 0 Å². The molecule has 0 atom stereocenters. The first-order valence-electron chi connectivity index (χ1n) is 8.68. The minimum Gasteiger partial charge on any atom is -0.371 e. The predicted molar refractivity (Wildman–Crippen MR) is 107 cm³/mol. The Hall–Kier alpha value is -2.11. The fourth-order valence-electron chi connectivity index (χ4n) is 3.46. The predicted octanol–water partition coefficient (Wildman–Crippen LogP) is 4.05. The maximum absolute atomic E-state index is 2.57. The molecule has 1 heterocycles. The minimum absolute atomic E-state index is 0.525. The van der Waals surface area contributed by atoms with Gasteiger partial charge in [-0.2, -0.15) is 0 Å². The van der Waals surface area contributed by atoms with Crippen molar-refractivity contribution in [1.82, 2.24) is 0 Å². The molecule has 1 aliphatic heterocycles. The highest BCUT2D eigenvalue weighted by Crippen LogP contribution is 2.37. The van der Waals surface area contributed by atoms with E-state index in [4.69, 9.17) is 0 Å². The molecule has 0 bridgehead atoms. The number of anilines is 1. The minimum atomic E-state index is -0.525. The van der Waals surface area contributed by atoms with Crippen molar-refractivity contribution in [3.05, 3.63) is 84.9 Å². The highest BCUT2D eigenvalue weighted by atomic mass is 31.1. The highest BCUT2D eigenvalue weighted by molar-refractivity contribution is 7.80. The molecule has 0 aromatic heterocycles. The SMILES string of the molecule is c1ccc(P(c2ccccc2)c2ccccc2N2CCCC2)cc1. The third-order valence-corrected chi connectivity index (χ3v) is 7.09. The van der Waals surface area contributed by atoms with Crippen LogP contribution in [0.1, 0.15) is 12.8 Å². The van der Waals surface area contributed by atoms with Crippen LogP contribution in [-0.2, 0) is 0 Å². The average Bonchev–Trinajstić information content (AvgIpc) is 3.19. The fraction of sp³-hybridized carbons (Fsp3) is 0.182. The molecule has 4 rings (SSSR count). The smallest absolute Gasteiger partial charge is 0.0451 e. The molecule has 0 spiro atoms. The molecule has 1 aliphatic rings. The summed E-state index contributed by atoms with van der Waals surface area (Å²) in [6, 6.07) is 31.0. The molecule has 0 unspecified atom stereocenters. The van der Waals surface area contributed by atoms with Gasteiger partial charge in [0.05, 0.1) is 0 Å². The molecule has 1 fully saturated rings. The zero-order valence-electron chi connectivity index (χ0n) is 13.8. The van der Waals surface area contributed by atoms with Gasteiger partial charge in [-0.15, -0.1) is 0 Å². The number of rotatable bonds is 4. The third-order valence-electron chi connectivity index (χ3n) is 4.60. The van der Waals surface area contributed by atoms with Crippen LogP contribution in [0.2, 0.25) is 0 Å². The summed E-state index contributed by atoms with van der Waals surface area (Å²) in [5.74, 6) is 0. The summed E-state index contributed by atoms with van der Waals surface area (Å²) < 4.78 is 0. The van der Waals surface area contributed by atoms with E-state index >= 15 is 0 Å². The zero-order chi connectivity index (χ0) is 16.2. The first-order valence-corrected chi connectivity index (χ1v) is 10.0. The van der Waals surface area contributed by atoms with Crippen molar-refractivity contribution in [2.45, 2.75) is 12.8 Å². The molecule has 1 saturated heterocycles. The average molecular weight is 331 g/mol.